The maximum absolute atomic E-state index is 12.2. The first-order chi connectivity index (χ1) is 14.2. The van der Waals surface area contributed by atoms with Gasteiger partial charge < -0.3 is 20.1 Å². The van der Waals surface area contributed by atoms with Gasteiger partial charge in [-0.05, 0) is 55.0 Å². The minimum Gasteiger partial charge on any atom is -0.449 e. The molecule has 2 amide bonds. The Balaban J connectivity index is 1.84. The summed E-state index contributed by atoms with van der Waals surface area (Å²) in [7, 11) is 0. The van der Waals surface area contributed by atoms with Crippen LogP contribution in [-0.4, -0.2) is 30.5 Å². The van der Waals surface area contributed by atoms with Gasteiger partial charge in [-0.2, -0.15) is 8.78 Å². The van der Waals surface area contributed by atoms with Crippen molar-refractivity contribution in [3.05, 3.63) is 60.2 Å². The van der Waals surface area contributed by atoms with E-state index in [1.807, 2.05) is 0 Å². The molecule has 1 atom stereocenters. The summed E-state index contributed by atoms with van der Waals surface area (Å²) in [6.07, 6.45) is 1.48. The molecule has 0 aliphatic rings. The average molecular weight is 418 g/mol. The van der Waals surface area contributed by atoms with Crippen LogP contribution in [0, 0.1) is 0 Å². The summed E-state index contributed by atoms with van der Waals surface area (Å²) in [6.45, 7) is -0.107. The van der Waals surface area contributed by atoms with Crippen molar-refractivity contribution in [1.82, 2.24) is 0 Å². The van der Waals surface area contributed by atoms with Crippen LogP contribution in [0.5, 0.6) is 5.75 Å². The maximum Gasteiger partial charge on any atom is 0.387 e. The summed E-state index contributed by atoms with van der Waals surface area (Å²) in [5, 5.41) is 5.20. The first-order valence-electron chi connectivity index (χ1n) is 8.85. The summed E-state index contributed by atoms with van der Waals surface area (Å²) >= 11 is 0. The van der Waals surface area contributed by atoms with Crippen molar-refractivity contribution in [2.45, 2.75) is 26.6 Å². The highest BCUT2D eigenvalue weighted by molar-refractivity contribution is 5.97. The number of rotatable bonds is 8. The molecule has 0 spiro atoms. The molecule has 2 rings (SSSR count). The molecule has 0 bridgehead atoms. The molecule has 0 radical (unpaired) electrons. The highest BCUT2D eigenvalue weighted by Gasteiger charge is 2.16. The first-order valence-corrected chi connectivity index (χ1v) is 8.85. The molecule has 2 aromatic carbocycles. The van der Waals surface area contributed by atoms with Crippen molar-refractivity contribution in [2.24, 2.45) is 0 Å². The second-order valence-electron chi connectivity index (χ2n) is 6.11. The SMILES string of the molecule is CC(=O)Nc1ccc(NC(=O)[C@H](C)OC(=O)C=Cc2ccc(OC(F)F)cc2)cc1. The topological polar surface area (TPSA) is 93.7 Å². The number of carbonyl (C=O) groups is 3. The van der Waals surface area contributed by atoms with E-state index >= 15 is 0 Å². The molecule has 7 nitrogen and oxygen atoms in total. The molecular formula is C21H20F2N2O5. The quantitative estimate of drug-likeness (QED) is 0.502. The molecule has 0 fully saturated rings. The van der Waals surface area contributed by atoms with Crippen molar-refractivity contribution in [3.8, 4) is 5.75 Å². The fourth-order valence-electron chi connectivity index (χ4n) is 2.28. The molecule has 0 aromatic heterocycles. The van der Waals surface area contributed by atoms with Crippen LogP contribution >= 0.6 is 0 Å². The van der Waals surface area contributed by atoms with Crippen LogP contribution < -0.4 is 15.4 Å². The predicted molar refractivity (Wildman–Crippen MR) is 107 cm³/mol. The van der Waals surface area contributed by atoms with Crippen LogP contribution in [-0.2, 0) is 19.1 Å². The Morgan fingerprint density at radius 1 is 0.933 bits per heavy atom. The summed E-state index contributed by atoms with van der Waals surface area (Å²) in [5.74, 6) is -1.48. The number of esters is 1. The Bertz CT molecular complexity index is 912. The van der Waals surface area contributed by atoms with E-state index in [1.165, 1.54) is 44.2 Å². The first kappa shape index (κ1) is 22.5. The number of hydrogen-bond donors (Lipinski definition) is 2. The van der Waals surface area contributed by atoms with E-state index in [4.69, 9.17) is 4.74 Å². The zero-order chi connectivity index (χ0) is 22.1. The summed E-state index contributed by atoms with van der Waals surface area (Å²) < 4.78 is 33.5. The van der Waals surface area contributed by atoms with Gasteiger partial charge in [0.05, 0.1) is 0 Å². The van der Waals surface area contributed by atoms with E-state index in [9.17, 15) is 23.2 Å². The minimum absolute atomic E-state index is 0.000118. The normalized spacial score (nSPS) is 11.8. The third-order valence-corrected chi connectivity index (χ3v) is 3.65. The number of alkyl halides is 2. The second-order valence-corrected chi connectivity index (χ2v) is 6.11. The minimum atomic E-state index is -2.91. The molecule has 0 aliphatic carbocycles. The molecule has 9 heteroatoms. The van der Waals surface area contributed by atoms with Crippen LogP contribution in [0.3, 0.4) is 0 Å². The van der Waals surface area contributed by atoms with Crippen LogP contribution in [0.25, 0.3) is 6.08 Å². The van der Waals surface area contributed by atoms with Crippen LogP contribution in [0.2, 0.25) is 0 Å². The van der Waals surface area contributed by atoms with Gasteiger partial charge in [0, 0.05) is 24.4 Å². The van der Waals surface area contributed by atoms with Crippen molar-refractivity contribution in [2.75, 3.05) is 10.6 Å². The maximum atomic E-state index is 12.2. The van der Waals surface area contributed by atoms with Gasteiger partial charge in [-0.25, -0.2) is 4.79 Å². The van der Waals surface area contributed by atoms with Gasteiger partial charge in [0.15, 0.2) is 6.10 Å². The summed E-state index contributed by atoms with van der Waals surface area (Å²) in [6, 6.07) is 12.1. The fraction of sp³-hybridized carbons (Fsp3) is 0.190. The molecular weight excluding hydrogens is 398 g/mol. The Hall–Kier alpha value is -3.75. The standard InChI is InChI=1S/C21H20F2N2O5/c1-13(20(28)25-17-8-6-16(7-9-17)24-14(2)26)29-19(27)12-5-15-3-10-18(11-4-15)30-21(22)23/h3-13,21H,1-2H3,(H,24,26)(H,25,28)/t13-/m0/s1. The summed E-state index contributed by atoms with van der Waals surface area (Å²) in [5.41, 5.74) is 1.61. The molecule has 0 aliphatic heterocycles. The van der Waals surface area contributed by atoms with Gasteiger partial charge in [-0.3, -0.25) is 9.59 Å². The zero-order valence-corrected chi connectivity index (χ0v) is 16.2. The average Bonchev–Trinajstić information content (AvgIpc) is 2.68. The third-order valence-electron chi connectivity index (χ3n) is 3.65. The van der Waals surface area contributed by atoms with Gasteiger partial charge in [-0.15, -0.1) is 0 Å². The molecule has 2 N–H and O–H groups in total. The highest BCUT2D eigenvalue weighted by Crippen LogP contribution is 2.16. The number of nitrogens with one attached hydrogen (secondary N) is 2. The van der Waals surface area contributed by atoms with Crippen molar-refractivity contribution < 1.29 is 32.6 Å². The van der Waals surface area contributed by atoms with Gasteiger partial charge >= 0.3 is 12.6 Å². The van der Waals surface area contributed by atoms with Crippen molar-refractivity contribution >= 4 is 35.2 Å². The van der Waals surface area contributed by atoms with E-state index in [2.05, 4.69) is 15.4 Å². The van der Waals surface area contributed by atoms with Crippen molar-refractivity contribution in [1.29, 1.82) is 0 Å². The lowest BCUT2D eigenvalue weighted by molar-refractivity contribution is -0.148. The molecule has 0 saturated heterocycles. The number of benzene rings is 2. The predicted octanol–water partition coefficient (Wildman–Crippen LogP) is 3.83. The van der Waals surface area contributed by atoms with Gasteiger partial charge in [0.1, 0.15) is 5.75 Å². The Labute approximate surface area is 171 Å². The van der Waals surface area contributed by atoms with Crippen LogP contribution in [0.15, 0.2) is 54.6 Å². The Morgan fingerprint density at radius 3 is 2.03 bits per heavy atom. The number of halogens is 2. The van der Waals surface area contributed by atoms with E-state index < -0.39 is 24.6 Å². The molecule has 30 heavy (non-hydrogen) atoms. The van der Waals surface area contributed by atoms with E-state index in [1.54, 1.807) is 24.3 Å². The lowest BCUT2D eigenvalue weighted by atomic mass is 10.2. The van der Waals surface area contributed by atoms with Gasteiger partial charge in [0.25, 0.3) is 5.91 Å². The number of amides is 2. The van der Waals surface area contributed by atoms with Crippen LogP contribution in [0.4, 0.5) is 20.2 Å². The molecule has 0 heterocycles. The monoisotopic (exact) mass is 418 g/mol. The second kappa shape index (κ2) is 10.7. The van der Waals surface area contributed by atoms with Gasteiger partial charge in [-0.1, -0.05) is 12.1 Å². The number of ether oxygens (including phenoxy) is 2. The zero-order valence-electron chi connectivity index (χ0n) is 16.2. The molecule has 158 valence electrons. The van der Waals surface area contributed by atoms with E-state index in [0.29, 0.717) is 16.9 Å². The lowest BCUT2D eigenvalue weighted by Crippen LogP contribution is -2.29. The smallest absolute Gasteiger partial charge is 0.387 e. The van der Waals surface area contributed by atoms with Crippen LogP contribution in [0.1, 0.15) is 19.4 Å². The Morgan fingerprint density at radius 2 is 1.50 bits per heavy atom. The number of carbonyl (C=O) groups excluding carboxylic acids is 3. The van der Waals surface area contributed by atoms with E-state index in [-0.39, 0.29) is 11.7 Å². The van der Waals surface area contributed by atoms with Gasteiger partial charge in [0.2, 0.25) is 5.91 Å². The number of hydrogen-bond acceptors (Lipinski definition) is 5. The molecule has 0 saturated carbocycles. The lowest BCUT2D eigenvalue weighted by Gasteiger charge is -2.12. The molecule has 0 unspecified atom stereocenters. The molecule has 2 aromatic rings. The van der Waals surface area contributed by atoms with E-state index in [0.717, 1.165) is 6.08 Å². The Kier molecular flexibility index (Phi) is 8.04. The third kappa shape index (κ3) is 7.70. The van der Waals surface area contributed by atoms with Crippen molar-refractivity contribution in [3.63, 3.8) is 0 Å². The largest absolute Gasteiger partial charge is 0.449 e. The highest BCUT2D eigenvalue weighted by atomic mass is 19.3. The fourth-order valence-corrected chi connectivity index (χ4v) is 2.28. The summed E-state index contributed by atoms with van der Waals surface area (Å²) in [4.78, 5) is 35.0. The number of anilines is 2.